The standard InChI is InChI=1S/C20H18N4O3S.ClH/c25-19(15-4-5-16-11-21-7-6-14(16)10-15)23-20-22-17(12-28-20)8-13-2-1-3-18(9-13)24(26)27;/h1-5,9-10,12,21H,6-8,11H2,(H,22,23,25);1H. The maximum Gasteiger partial charge on any atom is 0.269 e. The Morgan fingerprint density at radius 2 is 2.10 bits per heavy atom. The molecular formula is C20H19ClN4O3S. The monoisotopic (exact) mass is 430 g/mol. The summed E-state index contributed by atoms with van der Waals surface area (Å²) >= 11 is 1.34. The Hall–Kier alpha value is -2.81. The highest BCUT2D eigenvalue weighted by Crippen LogP contribution is 2.22. The van der Waals surface area contributed by atoms with E-state index in [-0.39, 0.29) is 24.0 Å². The number of nitrogens with zero attached hydrogens (tertiary/aromatic N) is 2. The number of thiazole rings is 1. The third-order valence-corrected chi connectivity index (χ3v) is 5.44. The zero-order valence-corrected chi connectivity index (χ0v) is 17.0. The predicted molar refractivity (Wildman–Crippen MR) is 115 cm³/mol. The van der Waals surface area contributed by atoms with Crippen molar-refractivity contribution in [1.29, 1.82) is 0 Å². The molecule has 0 radical (unpaired) electrons. The first-order valence-corrected chi connectivity index (χ1v) is 9.78. The highest BCUT2D eigenvalue weighted by atomic mass is 35.5. The molecule has 1 aliphatic rings. The summed E-state index contributed by atoms with van der Waals surface area (Å²) in [5.74, 6) is -0.183. The second-order valence-electron chi connectivity index (χ2n) is 6.61. The van der Waals surface area contributed by atoms with Crippen molar-refractivity contribution in [2.24, 2.45) is 0 Å². The molecule has 9 heteroatoms. The maximum absolute atomic E-state index is 12.6. The highest BCUT2D eigenvalue weighted by molar-refractivity contribution is 7.14. The van der Waals surface area contributed by atoms with Gasteiger partial charge in [0.25, 0.3) is 11.6 Å². The smallest absolute Gasteiger partial charge is 0.269 e. The Morgan fingerprint density at radius 1 is 1.24 bits per heavy atom. The van der Waals surface area contributed by atoms with Gasteiger partial charge in [-0.2, -0.15) is 0 Å². The Kier molecular flexibility index (Phi) is 6.58. The first kappa shape index (κ1) is 20.9. The lowest BCUT2D eigenvalue weighted by Gasteiger charge is -2.17. The molecule has 0 atom stereocenters. The number of nitro benzene ring substituents is 1. The molecule has 0 saturated heterocycles. The molecule has 0 bridgehead atoms. The summed E-state index contributed by atoms with van der Waals surface area (Å²) in [6.45, 7) is 1.76. The molecule has 29 heavy (non-hydrogen) atoms. The number of halogens is 1. The number of nitro groups is 1. The molecule has 0 unspecified atom stereocenters. The quantitative estimate of drug-likeness (QED) is 0.471. The number of aromatic nitrogens is 1. The van der Waals surface area contributed by atoms with E-state index in [1.54, 1.807) is 12.1 Å². The van der Waals surface area contributed by atoms with Gasteiger partial charge in [-0.25, -0.2) is 4.98 Å². The van der Waals surface area contributed by atoms with Crippen LogP contribution in [0.15, 0.2) is 47.8 Å². The van der Waals surface area contributed by atoms with Gasteiger partial charge in [0, 0.05) is 36.0 Å². The summed E-state index contributed by atoms with van der Waals surface area (Å²) < 4.78 is 0. The van der Waals surface area contributed by atoms with Crippen molar-refractivity contribution < 1.29 is 9.72 Å². The Labute approximate surface area is 177 Å². The minimum absolute atomic E-state index is 0. The number of anilines is 1. The van der Waals surface area contributed by atoms with E-state index in [2.05, 4.69) is 15.6 Å². The summed E-state index contributed by atoms with van der Waals surface area (Å²) in [6, 6.07) is 12.3. The summed E-state index contributed by atoms with van der Waals surface area (Å²) in [7, 11) is 0. The number of amides is 1. The van der Waals surface area contributed by atoms with Gasteiger partial charge in [0.05, 0.1) is 10.6 Å². The van der Waals surface area contributed by atoms with Gasteiger partial charge in [0.15, 0.2) is 5.13 Å². The van der Waals surface area contributed by atoms with Crippen LogP contribution in [-0.4, -0.2) is 22.4 Å². The molecule has 1 aromatic heterocycles. The van der Waals surface area contributed by atoms with Crippen LogP contribution in [0.2, 0.25) is 0 Å². The van der Waals surface area contributed by atoms with Crippen LogP contribution >= 0.6 is 23.7 Å². The fourth-order valence-corrected chi connectivity index (χ4v) is 3.93. The average Bonchev–Trinajstić information content (AvgIpc) is 3.14. The predicted octanol–water partition coefficient (Wildman–Crippen LogP) is 3.96. The fraction of sp³-hybridized carbons (Fsp3) is 0.200. The number of nitrogens with one attached hydrogen (secondary N) is 2. The fourth-order valence-electron chi connectivity index (χ4n) is 3.22. The number of non-ortho nitro benzene ring substituents is 1. The van der Waals surface area contributed by atoms with Crippen LogP contribution in [0.3, 0.4) is 0 Å². The zero-order valence-electron chi connectivity index (χ0n) is 15.4. The van der Waals surface area contributed by atoms with Crippen LogP contribution in [0, 0.1) is 10.1 Å². The maximum atomic E-state index is 12.6. The van der Waals surface area contributed by atoms with Crippen molar-refractivity contribution in [2.45, 2.75) is 19.4 Å². The summed E-state index contributed by atoms with van der Waals surface area (Å²) in [4.78, 5) is 27.5. The molecule has 2 aromatic carbocycles. The molecule has 3 aromatic rings. The molecule has 7 nitrogen and oxygen atoms in total. The van der Waals surface area contributed by atoms with Crippen molar-refractivity contribution in [3.63, 3.8) is 0 Å². The van der Waals surface area contributed by atoms with Crippen molar-refractivity contribution in [3.8, 4) is 0 Å². The lowest BCUT2D eigenvalue weighted by atomic mass is 9.98. The second kappa shape index (κ2) is 9.13. The Bertz CT molecular complexity index is 1050. The summed E-state index contributed by atoms with van der Waals surface area (Å²) in [5.41, 5.74) is 4.69. The minimum Gasteiger partial charge on any atom is -0.312 e. The summed E-state index contributed by atoms with van der Waals surface area (Å²) in [5, 5.41) is 19.4. The van der Waals surface area contributed by atoms with Gasteiger partial charge in [0.1, 0.15) is 0 Å². The van der Waals surface area contributed by atoms with Crippen LogP contribution in [0.4, 0.5) is 10.8 Å². The van der Waals surface area contributed by atoms with Gasteiger partial charge in [-0.15, -0.1) is 23.7 Å². The normalized spacial score (nSPS) is 12.6. The molecule has 1 amide bonds. The van der Waals surface area contributed by atoms with E-state index in [1.165, 1.54) is 28.5 Å². The van der Waals surface area contributed by atoms with Crippen LogP contribution in [0.25, 0.3) is 0 Å². The molecular weight excluding hydrogens is 412 g/mol. The average molecular weight is 431 g/mol. The largest absolute Gasteiger partial charge is 0.312 e. The lowest BCUT2D eigenvalue weighted by molar-refractivity contribution is -0.384. The first-order valence-electron chi connectivity index (χ1n) is 8.90. The minimum atomic E-state index is -0.412. The van der Waals surface area contributed by atoms with Gasteiger partial charge in [-0.3, -0.25) is 20.2 Å². The molecule has 4 rings (SSSR count). The van der Waals surface area contributed by atoms with Crippen LogP contribution in [0.1, 0.15) is 32.7 Å². The Morgan fingerprint density at radius 3 is 2.93 bits per heavy atom. The van der Waals surface area contributed by atoms with Crippen molar-refractivity contribution in [1.82, 2.24) is 10.3 Å². The molecule has 2 N–H and O–H groups in total. The molecule has 2 heterocycles. The first-order chi connectivity index (χ1) is 13.6. The third-order valence-electron chi connectivity index (χ3n) is 4.63. The van der Waals surface area contributed by atoms with E-state index in [1.807, 2.05) is 29.6 Å². The van der Waals surface area contributed by atoms with E-state index in [0.717, 1.165) is 30.8 Å². The van der Waals surface area contributed by atoms with Crippen molar-refractivity contribution in [2.75, 3.05) is 11.9 Å². The van der Waals surface area contributed by atoms with Gasteiger partial charge in [-0.1, -0.05) is 18.2 Å². The lowest BCUT2D eigenvalue weighted by Crippen LogP contribution is -2.24. The number of carbonyl (C=O) groups excluding carboxylic acids is 1. The van der Waals surface area contributed by atoms with Gasteiger partial charge < -0.3 is 5.32 Å². The highest BCUT2D eigenvalue weighted by Gasteiger charge is 2.14. The van der Waals surface area contributed by atoms with Gasteiger partial charge in [0.2, 0.25) is 0 Å². The number of fused-ring (bicyclic) bond motifs is 1. The van der Waals surface area contributed by atoms with E-state index in [4.69, 9.17) is 0 Å². The molecule has 0 fully saturated rings. The number of hydrogen-bond donors (Lipinski definition) is 2. The number of benzene rings is 2. The van der Waals surface area contributed by atoms with Gasteiger partial charge >= 0.3 is 0 Å². The van der Waals surface area contributed by atoms with E-state index in [9.17, 15) is 14.9 Å². The molecule has 0 aliphatic carbocycles. The van der Waals surface area contributed by atoms with Crippen LogP contribution < -0.4 is 10.6 Å². The molecule has 0 spiro atoms. The number of rotatable bonds is 5. The van der Waals surface area contributed by atoms with E-state index >= 15 is 0 Å². The SMILES string of the molecule is Cl.O=C(Nc1nc(Cc2cccc([N+](=O)[O-])c2)cs1)c1ccc2c(c1)CCNC2. The zero-order chi connectivity index (χ0) is 19.5. The van der Waals surface area contributed by atoms with Gasteiger partial charge in [-0.05, 0) is 41.8 Å². The van der Waals surface area contributed by atoms with Crippen molar-refractivity contribution >= 4 is 40.5 Å². The molecule has 150 valence electrons. The summed E-state index contributed by atoms with van der Waals surface area (Å²) in [6.07, 6.45) is 1.39. The number of hydrogen-bond acceptors (Lipinski definition) is 6. The molecule has 1 aliphatic heterocycles. The Balaban J connectivity index is 0.00000240. The van der Waals surface area contributed by atoms with E-state index in [0.29, 0.717) is 17.1 Å². The molecule has 0 saturated carbocycles. The third kappa shape index (κ3) is 4.97. The van der Waals surface area contributed by atoms with E-state index < -0.39 is 4.92 Å². The van der Waals surface area contributed by atoms with Crippen LogP contribution in [-0.2, 0) is 19.4 Å². The topological polar surface area (TPSA) is 97.2 Å². The number of carbonyl (C=O) groups is 1. The van der Waals surface area contributed by atoms with Crippen LogP contribution in [0.5, 0.6) is 0 Å². The van der Waals surface area contributed by atoms with Crippen molar-refractivity contribution in [3.05, 3.63) is 85.9 Å². The second-order valence-corrected chi connectivity index (χ2v) is 7.47.